The van der Waals surface area contributed by atoms with Crippen LogP contribution in [-0.2, 0) is 4.79 Å². The van der Waals surface area contributed by atoms with Crippen molar-refractivity contribution in [2.24, 2.45) is 5.73 Å². The Morgan fingerprint density at radius 3 is 2.67 bits per heavy atom. The molecule has 6 heteroatoms. The molecule has 1 aromatic rings. The van der Waals surface area contributed by atoms with Crippen LogP contribution in [0.1, 0.15) is 10.4 Å². The maximum Gasteiger partial charge on any atom is 0.255 e. The number of halogens is 2. The monoisotopic (exact) mass is 247 g/mol. The van der Waals surface area contributed by atoms with E-state index in [1.54, 1.807) is 0 Å². The number of nitrogens with two attached hydrogens (primary N) is 1. The van der Waals surface area contributed by atoms with Crippen molar-refractivity contribution in [3.05, 3.63) is 27.7 Å². The molecular weight excluding hydrogens is 241 g/mol. The molecule has 0 fully saturated rings. The van der Waals surface area contributed by atoms with E-state index in [2.05, 4.69) is 0 Å². The van der Waals surface area contributed by atoms with Crippen LogP contribution in [0.5, 0.6) is 5.75 Å². The minimum absolute atomic E-state index is 0.106. The molecule has 0 saturated heterocycles. The number of primary amides is 1. The molecule has 1 aromatic carbocycles. The van der Waals surface area contributed by atoms with Gasteiger partial charge in [-0.3, -0.25) is 9.59 Å². The van der Waals surface area contributed by atoms with E-state index in [9.17, 15) is 9.59 Å². The van der Waals surface area contributed by atoms with E-state index < -0.39 is 5.91 Å². The second kappa shape index (κ2) is 5.00. The van der Waals surface area contributed by atoms with E-state index in [1.807, 2.05) is 0 Å². The van der Waals surface area contributed by atoms with Crippen molar-refractivity contribution in [2.45, 2.75) is 0 Å². The highest BCUT2D eigenvalue weighted by atomic mass is 35.5. The predicted octanol–water partition coefficient (Wildman–Crippen LogP) is 1.67. The highest BCUT2D eigenvalue weighted by Crippen LogP contribution is 2.31. The van der Waals surface area contributed by atoms with E-state index in [-0.39, 0.29) is 22.9 Å². The number of rotatable bonds is 4. The summed E-state index contributed by atoms with van der Waals surface area (Å²) in [5.74, 6) is -0.548. The number of aldehydes is 1. The van der Waals surface area contributed by atoms with Gasteiger partial charge in [0.25, 0.3) is 5.91 Å². The maximum atomic E-state index is 10.7. The molecule has 0 saturated carbocycles. The lowest BCUT2D eigenvalue weighted by Crippen LogP contribution is -2.20. The van der Waals surface area contributed by atoms with Crippen molar-refractivity contribution < 1.29 is 14.3 Å². The molecule has 0 aliphatic rings. The van der Waals surface area contributed by atoms with Crippen molar-refractivity contribution in [2.75, 3.05) is 6.61 Å². The van der Waals surface area contributed by atoms with Crippen LogP contribution in [-0.4, -0.2) is 18.8 Å². The standard InChI is InChI=1S/C9H7Cl2NO3/c10-6-1-5(3-13)9(7(11)2-6)15-4-8(12)14/h1-3H,4H2,(H2,12,14). The Balaban J connectivity index is 3.04. The van der Waals surface area contributed by atoms with Gasteiger partial charge in [-0.1, -0.05) is 23.2 Å². The van der Waals surface area contributed by atoms with Gasteiger partial charge in [-0.05, 0) is 12.1 Å². The Kier molecular flexibility index (Phi) is 3.94. The quantitative estimate of drug-likeness (QED) is 0.824. The number of carbonyl (C=O) groups is 2. The zero-order valence-corrected chi connectivity index (χ0v) is 9.01. The highest BCUT2D eigenvalue weighted by molar-refractivity contribution is 6.36. The molecule has 0 radical (unpaired) electrons. The van der Waals surface area contributed by atoms with Crippen LogP contribution in [0.2, 0.25) is 10.0 Å². The Morgan fingerprint density at radius 1 is 1.47 bits per heavy atom. The van der Waals surface area contributed by atoms with E-state index in [0.717, 1.165) is 0 Å². The Bertz CT molecular complexity index is 407. The van der Waals surface area contributed by atoms with Gasteiger partial charge in [-0.2, -0.15) is 0 Å². The number of hydrogen-bond donors (Lipinski definition) is 1. The second-order valence-corrected chi connectivity index (χ2v) is 3.52. The van der Waals surface area contributed by atoms with Crippen LogP contribution in [0.4, 0.5) is 0 Å². The fraction of sp³-hybridized carbons (Fsp3) is 0.111. The van der Waals surface area contributed by atoms with E-state index in [4.69, 9.17) is 33.7 Å². The molecule has 0 spiro atoms. The first-order valence-corrected chi connectivity index (χ1v) is 4.65. The lowest BCUT2D eigenvalue weighted by molar-refractivity contribution is -0.119. The number of amides is 1. The third-order valence-electron chi connectivity index (χ3n) is 1.52. The fourth-order valence-corrected chi connectivity index (χ4v) is 1.53. The largest absolute Gasteiger partial charge is 0.481 e. The van der Waals surface area contributed by atoms with Gasteiger partial charge in [0.05, 0.1) is 10.6 Å². The fourth-order valence-electron chi connectivity index (χ4n) is 0.963. The first-order valence-electron chi connectivity index (χ1n) is 3.90. The van der Waals surface area contributed by atoms with Crippen LogP contribution in [0.3, 0.4) is 0 Å². The molecule has 0 aromatic heterocycles. The molecule has 0 atom stereocenters. The molecule has 1 amide bonds. The molecule has 0 aliphatic carbocycles. The first-order chi connectivity index (χ1) is 7.04. The Labute approximate surface area is 95.9 Å². The zero-order valence-electron chi connectivity index (χ0n) is 7.50. The van der Waals surface area contributed by atoms with Gasteiger partial charge in [-0.15, -0.1) is 0 Å². The molecule has 0 bridgehead atoms. The van der Waals surface area contributed by atoms with Crippen molar-refractivity contribution in [1.29, 1.82) is 0 Å². The van der Waals surface area contributed by atoms with Gasteiger partial charge in [0.2, 0.25) is 0 Å². The minimum Gasteiger partial charge on any atom is -0.481 e. The van der Waals surface area contributed by atoms with E-state index in [0.29, 0.717) is 11.3 Å². The normalized spacial score (nSPS) is 9.73. The lowest BCUT2D eigenvalue weighted by atomic mass is 10.2. The van der Waals surface area contributed by atoms with Crippen LogP contribution in [0.15, 0.2) is 12.1 Å². The molecule has 2 N–H and O–H groups in total. The van der Waals surface area contributed by atoms with Gasteiger partial charge < -0.3 is 10.5 Å². The molecule has 0 aliphatic heterocycles. The van der Waals surface area contributed by atoms with Gasteiger partial charge in [-0.25, -0.2) is 0 Å². The third-order valence-corrected chi connectivity index (χ3v) is 2.02. The third kappa shape index (κ3) is 3.11. The summed E-state index contributed by atoms with van der Waals surface area (Å²) in [6.45, 7) is -0.345. The molecule has 80 valence electrons. The van der Waals surface area contributed by atoms with Crippen molar-refractivity contribution in [3.63, 3.8) is 0 Å². The van der Waals surface area contributed by atoms with Crippen LogP contribution < -0.4 is 10.5 Å². The second-order valence-electron chi connectivity index (χ2n) is 2.68. The molecule has 1 rings (SSSR count). The van der Waals surface area contributed by atoms with E-state index >= 15 is 0 Å². The number of ether oxygens (including phenoxy) is 1. The average molecular weight is 248 g/mol. The Morgan fingerprint density at radius 2 is 2.13 bits per heavy atom. The molecule has 15 heavy (non-hydrogen) atoms. The Hall–Kier alpha value is -1.26. The molecule has 0 heterocycles. The average Bonchev–Trinajstić information content (AvgIpc) is 2.14. The van der Waals surface area contributed by atoms with Crippen LogP contribution >= 0.6 is 23.2 Å². The maximum absolute atomic E-state index is 10.7. The van der Waals surface area contributed by atoms with Crippen molar-refractivity contribution >= 4 is 35.4 Å². The van der Waals surface area contributed by atoms with Gasteiger partial charge in [0.15, 0.2) is 12.9 Å². The predicted molar refractivity (Wildman–Crippen MR) is 56.5 cm³/mol. The highest BCUT2D eigenvalue weighted by Gasteiger charge is 2.11. The van der Waals surface area contributed by atoms with E-state index in [1.165, 1.54) is 12.1 Å². The van der Waals surface area contributed by atoms with Crippen molar-refractivity contribution in [3.8, 4) is 5.75 Å². The summed E-state index contributed by atoms with van der Waals surface area (Å²) in [5.41, 5.74) is 5.07. The summed E-state index contributed by atoms with van der Waals surface area (Å²) in [6.07, 6.45) is 0.536. The summed E-state index contributed by atoms with van der Waals surface area (Å²) in [6, 6.07) is 2.79. The molecule has 4 nitrogen and oxygen atoms in total. The summed E-state index contributed by atoms with van der Waals surface area (Å²) in [7, 11) is 0. The molecular formula is C9H7Cl2NO3. The topological polar surface area (TPSA) is 69.4 Å². The number of hydrogen-bond acceptors (Lipinski definition) is 3. The molecule has 0 unspecified atom stereocenters. The summed E-state index contributed by atoms with van der Waals surface area (Å²) >= 11 is 11.4. The van der Waals surface area contributed by atoms with Crippen LogP contribution in [0.25, 0.3) is 0 Å². The SMILES string of the molecule is NC(=O)COc1c(Cl)cc(Cl)cc1C=O. The van der Waals surface area contributed by atoms with Gasteiger partial charge in [0.1, 0.15) is 5.75 Å². The first kappa shape index (κ1) is 11.8. The summed E-state index contributed by atoms with van der Waals surface area (Å²) < 4.78 is 4.98. The smallest absolute Gasteiger partial charge is 0.255 e. The summed E-state index contributed by atoms with van der Waals surface area (Å²) in [5, 5.41) is 0.472. The zero-order chi connectivity index (χ0) is 11.4. The lowest BCUT2D eigenvalue weighted by Gasteiger charge is -2.08. The van der Waals surface area contributed by atoms with Gasteiger partial charge in [0, 0.05) is 5.02 Å². The number of benzene rings is 1. The minimum atomic E-state index is -0.655. The van der Waals surface area contributed by atoms with Crippen molar-refractivity contribution in [1.82, 2.24) is 0 Å². The summed E-state index contributed by atoms with van der Waals surface area (Å²) in [4.78, 5) is 21.2. The van der Waals surface area contributed by atoms with Crippen LogP contribution in [0, 0.1) is 0 Å². The van der Waals surface area contributed by atoms with Gasteiger partial charge >= 0.3 is 0 Å². The number of carbonyl (C=O) groups excluding carboxylic acids is 2.